The number of benzene rings is 1. The summed E-state index contributed by atoms with van der Waals surface area (Å²) in [6.07, 6.45) is 1.77. The van der Waals surface area contributed by atoms with E-state index in [2.05, 4.69) is 4.98 Å². The zero-order chi connectivity index (χ0) is 11.9. The number of thiazole rings is 1. The maximum Gasteiger partial charge on any atom is 0.150 e. The van der Waals surface area contributed by atoms with E-state index in [1.54, 1.807) is 29.3 Å². The largest absolute Gasteiger partial charge is 0.295 e. The van der Waals surface area contributed by atoms with E-state index in [4.69, 9.17) is 0 Å². The van der Waals surface area contributed by atoms with Gasteiger partial charge < -0.3 is 0 Å². The Morgan fingerprint density at radius 2 is 2.18 bits per heavy atom. The topological polar surface area (TPSA) is 53.4 Å². The van der Waals surface area contributed by atoms with Gasteiger partial charge in [0.25, 0.3) is 0 Å². The molecule has 2 aromatic rings. The van der Waals surface area contributed by atoms with Crippen molar-refractivity contribution in [1.82, 2.24) is 4.98 Å². The molecule has 3 rings (SSSR count). The number of nitrogens with zero attached hydrogens (tertiary/aromatic N) is 1. The Morgan fingerprint density at radius 1 is 1.35 bits per heavy atom. The minimum absolute atomic E-state index is 0.0994. The monoisotopic (exact) mass is 285 g/mol. The lowest BCUT2D eigenvalue weighted by Gasteiger charge is -2.27. The fourth-order valence-corrected chi connectivity index (χ4v) is 6.30. The molecule has 3 nitrogen and oxygen atoms in total. The van der Waals surface area contributed by atoms with Crippen molar-refractivity contribution in [2.45, 2.75) is 14.5 Å². The molecule has 1 aliphatic rings. The smallest absolute Gasteiger partial charge is 0.150 e. The lowest BCUT2D eigenvalue weighted by Crippen LogP contribution is -1.98. The molecule has 0 bridgehead atoms. The van der Waals surface area contributed by atoms with Gasteiger partial charge >= 0.3 is 0 Å². The van der Waals surface area contributed by atoms with Gasteiger partial charge in [0.05, 0.1) is 15.9 Å². The Balaban J connectivity index is 1.94. The number of hydrogen-bond acceptors (Lipinski definition) is 5. The first-order chi connectivity index (χ1) is 8.17. The highest BCUT2D eigenvalue weighted by atomic mass is 32.3. The molecule has 0 radical (unpaired) electrons. The number of hydrogen-bond donors (Lipinski definition) is 2. The molecule has 90 valence electrons. The van der Waals surface area contributed by atoms with Crippen molar-refractivity contribution in [3.8, 4) is 0 Å². The molecule has 6 heteroatoms. The van der Waals surface area contributed by atoms with Gasteiger partial charge in [0.2, 0.25) is 0 Å². The Bertz CT molecular complexity index is 527. The Hall–Kier alpha value is -0.530. The SMILES string of the molecule is OS1(O)CC(Sc2nccs2)c2ccccc21. The first-order valence-corrected chi connectivity index (χ1v) is 8.55. The first-order valence-electron chi connectivity index (χ1n) is 5.08. The van der Waals surface area contributed by atoms with E-state index in [1.165, 1.54) is 0 Å². The van der Waals surface area contributed by atoms with Gasteiger partial charge in [-0.3, -0.25) is 9.11 Å². The van der Waals surface area contributed by atoms with Gasteiger partial charge in [-0.15, -0.1) is 11.3 Å². The summed E-state index contributed by atoms with van der Waals surface area (Å²) in [5, 5.41) is 2.03. The summed E-state index contributed by atoms with van der Waals surface area (Å²) >= 11 is 3.19. The summed E-state index contributed by atoms with van der Waals surface area (Å²) in [7, 11) is -2.60. The van der Waals surface area contributed by atoms with Gasteiger partial charge in [-0.05, 0) is 11.6 Å². The molecule has 2 N–H and O–H groups in total. The van der Waals surface area contributed by atoms with E-state index in [-0.39, 0.29) is 5.25 Å². The van der Waals surface area contributed by atoms with E-state index in [0.29, 0.717) is 10.6 Å². The summed E-state index contributed by atoms with van der Waals surface area (Å²) in [5.74, 6) is 0.399. The maximum absolute atomic E-state index is 10.1. The van der Waals surface area contributed by atoms with Gasteiger partial charge in [-0.1, -0.05) is 30.0 Å². The molecule has 1 aliphatic heterocycles. The van der Waals surface area contributed by atoms with Gasteiger partial charge in [-0.2, -0.15) is 10.6 Å². The number of aromatic nitrogens is 1. The molecular weight excluding hydrogens is 274 g/mol. The second-order valence-corrected chi connectivity index (χ2v) is 8.23. The van der Waals surface area contributed by atoms with Crippen molar-refractivity contribution >= 4 is 33.7 Å². The van der Waals surface area contributed by atoms with Crippen LogP contribution in [0, 0.1) is 0 Å². The van der Waals surface area contributed by atoms with Gasteiger partial charge in [-0.25, -0.2) is 4.98 Å². The molecule has 0 spiro atoms. The molecule has 0 aliphatic carbocycles. The molecule has 0 amide bonds. The third-order valence-corrected chi connectivity index (χ3v) is 6.89. The summed E-state index contributed by atoms with van der Waals surface area (Å²) in [6, 6.07) is 7.58. The second kappa shape index (κ2) is 4.29. The molecule has 0 saturated carbocycles. The van der Waals surface area contributed by atoms with Crippen LogP contribution in [0.3, 0.4) is 0 Å². The fraction of sp³-hybridized carbons (Fsp3) is 0.182. The van der Waals surface area contributed by atoms with Crippen LogP contribution in [0.25, 0.3) is 0 Å². The minimum atomic E-state index is -2.60. The summed E-state index contributed by atoms with van der Waals surface area (Å²) in [6.45, 7) is 0. The van der Waals surface area contributed by atoms with Crippen LogP contribution >= 0.6 is 33.7 Å². The van der Waals surface area contributed by atoms with E-state index < -0.39 is 10.6 Å². The average Bonchev–Trinajstić information content (AvgIpc) is 2.88. The van der Waals surface area contributed by atoms with Crippen molar-refractivity contribution < 1.29 is 9.11 Å². The molecule has 1 atom stereocenters. The highest BCUT2D eigenvalue weighted by Crippen LogP contribution is 2.62. The van der Waals surface area contributed by atoms with Crippen molar-refractivity contribution in [2.24, 2.45) is 0 Å². The lowest BCUT2D eigenvalue weighted by atomic mass is 10.2. The molecule has 0 fully saturated rings. The quantitative estimate of drug-likeness (QED) is 0.872. The number of fused-ring (bicyclic) bond motifs is 1. The predicted octanol–water partition coefficient (Wildman–Crippen LogP) is 4.10. The molecule has 2 heterocycles. The third-order valence-electron chi connectivity index (χ3n) is 2.65. The van der Waals surface area contributed by atoms with Gasteiger partial charge in [0.15, 0.2) is 0 Å². The summed E-state index contributed by atoms with van der Waals surface area (Å²) < 4.78 is 21.1. The molecule has 1 aromatic heterocycles. The van der Waals surface area contributed by atoms with Crippen LogP contribution in [0.15, 0.2) is 45.1 Å². The highest BCUT2D eigenvalue weighted by molar-refractivity contribution is 8.25. The summed E-state index contributed by atoms with van der Waals surface area (Å²) in [4.78, 5) is 4.93. The first kappa shape index (κ1) is 11.6. The highest BCUT2D eigenvalue weighted by Gasteiger charge is 2.35. The maximum atomic E-state index is 10.1. The van der Waals surface area contributed by atoms with Crippen LogP contribution < -0.4 is 0 Å². The molecule has 1 aromatic carbocycles. The Kier molecular flexibility index (Phi) is 2.92. The molecular formula is C11H11NO2S3. The van der Waals surface area contributed by atoms with Crippen molar-refractivity contribution in [3.05, 3.63) is 41.4 Å². The van der Waals surface area contributed by atoms with E-state index in [9.17, 15) is 9.11 Å². The molecule has 17 heavy (non-hydrogen) atoms. The van der Waals surface area contributed by atoms with Crippen molar-refractivity contribution in [2.75, 3.05) is 5.75 Å². The third kappa shape index (κ3) is 2.11. The Morgan fingerprint density at radius 3 is 2.94 bits per heavy atom. The Labute approximate surface area is 109 Å². The van der Waals surface area contributed by atoms with Crippen LogP contribution in [-0.2, 0) is 0 Å². The second-order valence-electron chi connectivity index (χ2n) is 3.78. The van der Waals surface area contributed by atoms with E-state index in [1.807, 2.05) is 29.6 Å². The van der Waals surface area contributed by atoms with Gasteiger partial charge in [0, 0.05) is 11.6 Å². The average molecular weight is 285 g/mol. The van der Waals surface area contributed by atoms with E-state index >= 15 is 0 Å². The van der Waals surface area contributed by atoms with Crippen LogP contribution in [-0.4, -0.2) is 19.8 Å². The van der Waals surface area contributed by atoms with Gasteiger partial charge in [0.1, 0.15) is 4.34 Å². The van der Waals surface area contributed by atoms with Crippen LogP contribution in [0.4, 0.5) is 0 Å². The van der Waals surface area contributed by atoms with Crippen LogP contribution in [0.1, 0.15) is 10.8 Å². The summed E-state index contributed by atoms with van der Waals surface area (Å²) in [5.41, 5.74) is 1.03. The standard InChI is InChI=1S/C11H11NO2S3/c13-17(14)7-9(16-11-12-5-6-15-11)8-3-1-2-4-10(8)17/h1-6,9,13-14H,7H2. The zero-order valence-electron chi connectivity index (χ0n) is 8.81. The predicted molar refractivity (Wildman–Crippen MR) is 73.1 cm³/mol. The lowest BCUT2D eigenvalue weighted by molar-refractivity contribution is 0.492. The van der Waals surface area contributed by atoms with Crippen molar-refractivity contribution in [3.63, 3.8) is 0 Å². The number of rotatable bonds is 2. The zero-order valence-corrected chi connectivity index (χ0v) is 11.3. The minimum Gasteiger partial charge on any atom is -0.295 e. The fourth-order valence-electron chi connectivity index (χ4n) is 1.92. The van der Waals surface area contributed by atoms with Crippen molar-refractivity contribution in [1.29, 1.82) is 0 Å². The van der Waals surface area contributed by atoms with Crippen LogP contribution in [0.2, 0.25) is 0 Å². The normalized spacial score (nSPS) is 23.3. The number of thioether (sulfide) groups is 1. The molecule has 1 unspecified atom stereocenters. The van der Waals surface area contributed by atoms with Crippen LogP contribution in [0.5, 0.6) is 0 Å². The molecule has 0 saturated heterocycles. The van der Waals surface area contributed by atoms with E-state index in [0.717, 1.165) is 9.90 Å².